The summed E-state index contributed by atoms with van der Waals surface area (Å²) in [6, 6.07) is 7.55. The second kappa shape index (κ2) is 13.0. The summed E-state index contributed by atoms with van der Waals surface area (Å²) >= 11 is 3.37. The number of aryl methyl sites for hydroxylation is 1. The number of piperidine rings is 1. The van der Waals surface area contributed by atoms with Gasteiger partial charge in [0.05, 0.1) is 30.3 Å². The first-order valence-electron chi connectivity index (χ1n) is 16.4. The van der Waals surface area contributed by atoms with E-state index in [2.05, 4.69) is 41.3 Å². The number of likely N-dealkylation sites (tertiary alicyclic amines) is 1. The molecule has 50 heavy (non-hydrogen) atoms. The van der Waals surface area contributed by atoms with Gasteiger partial charge in [-0.2, -0.15) is 13.9 Å². The Bertz CT molecular complexity index is 2040. The highest BCUT2D eigenvalue weighted by Crippen LogP contribution is 2.59. The maximum absolute atomic E-state index is 14.8. The summed E-state index contributed by atoms with van der Waals surface area (Å²) in [5.41, 5.74) is 2.63. The number of carbonyl (C=O) groups is 4. The van der Waals surface area contributed by atoms with Gasteiger partial charge in [0.25, 0.3) is 5.91 Å². The fraction of sp³-hybridized carbons (Fsp3) is 0.429. The minimum absolute atomic E-state index is 0.00162. The van der Waals surface area contributed by atoms with Gasteiger partial charge >= 0.3 is 5.92 Å². The molecule has 12 nitrogen and oxygen atoms in total. The van der Waals surface area contributed by atoms with Crippen molar-refractivity contribution in [3.63, 3.8) is 0 Å². The first-order chi connectivity index (χ1) is 23.8. The molecule has 3 aromatic heterocycles. The molecule has 3 atom stereocenters. The molecule has 2 aliphatic heterocycles. The molecule has 2 amide bonds. The SMILES string of the molecule is CC(=O)c1nn(CC(=O)N2[C@H]3C[C@@]4(CNC(=O)C(F)(F)CCCOCc5ccc(Br)nc5CC3=O)C[C@@H]24)c2ccc(-c3cnc(C)nc3)cc12. The highest BCUT2D eigenvalue weighted by molar-refractivity contribution is 9.10. The van der Waals surface area contributed by atoms with Crippen LogP contribution in [0.2, 0.25) is 0 Å². The first-order valence-corrected chi connectivity index (χ1v) is 17.2. The molecule has 1 aromatic carbocycles. The lowest BCUT2D eigenvalue weighted by Crippen LogP contribution is -2.45. The van der Waals surface area contributed by atoms with Crippen LogP contribution in [0.3, 0.4) is 0 Å². The summed E-state index contributed by atoms with van der Waals surface area (Å²) in [7, 11) is 0. The molecule has 1 N–H and O–H groups in total. The third-order valence-electron chi connectivity index (χ3n) is 9.91. The lowest BCUT2D eigenvalue weighted by molar-refractivity contribution is -0.147. The van der Waals surface area contributed by atoms with Gasteiger partial charge in [-0.1, -0.05) is 12.1 Å². The number of amides is 2. The van der Waals surface area contributed by atoms with Crippen LogP contribution >= 0.6 is 15.9 Å². The second-order valence-corrected chi connectivity index (χ2v) is 14.2. The molecule has 15 heteroatoms. The molecule has 1 saturated heterocycles. The zero-order valence-electron chi connectivity index (χ0n) is 27.4. The van der Waals surface area contributed by atoms with E-state index < -0.39 is 41.7 Å². The third-order valence-corrected chi connectivity index (χ3v) is 10.3. The Morgan fingerprint density at radius 2 is 1.88 bits per heavy atom. The number of hydrogen-bond donors (Lipinski definition) is 1. The maximum Gasteiger partial charge on any atom is 0.324 e. The van der Waals surface area contributed by atoms with Gasteiger partial charge in [-0.15, -0.1) is 0 Å². The summed E-state index contributed by atoms with van der Waals surface area (Å²) in [5, 5.41) is 7.48. The van der Waals surface area contributed by atoms with E-state index in [1.165, 1.54) is 16.5 Å². The topological polar surface area (TPSA) is 149 Å². The Hall–Kier alpha value is -4.50. The average molecular weight is 751 g/mol. The highest BCUT2D eigenvalue weighted by atomic mass is 79.9. The van der Waals surface area contributed by atoms with E-state index in [1.54, 1.807) is 37.5 Å². The number of ether oxygens (including phenoxy) is 1. The number of halogens is 3. The summed E-state index contributed by atoms with van der Waals surface area (Å²) in [6.45, 7) is 2.86. The van der Waals surface area contributed by atoms with E-state index in [0.29, 0.717) is 39.0 Å². The van der Waals surface area contributed by atoms with Crippen molar-refractivity contribution in [2.75, 3.05) is 13.2 Å². The molecule has 2 bridgehead atoms. The molecule has 1 spiro atoms. The quantitative estimate of drug-likeness (QED) is 0.237. The third kappa shape index (κ3) is 6.43. The monoisotopic (exact) mass is 749 g/mol. The normalized spacial score (nSPS) is 23.7. The Labute approximate surface area is 294 Å². The lowest BCUT2D eigenvalue weighted by Gasteiger charge is -2.27. The Morgan fingerprint density at radius 3 is 2.64 bits per heavy atom. The van der Waals surface area contributed by atoms with Gasteiger partial charge in [0.2, 0.25) is 5.91 Å². The minimum atomic E-state index is -3.60. The molecule has 0 radical (unpaired) electrons. The van der Waals surface area contributed by atoms with E-state index >= 15 is 0 Å². The molecule has 3 aliphatic rings. The van der Waals surface area contributed by atoms with Gasteiger partial charge < -0.3 is 15.0 Å². The van der Waals surface area contributed by atoms with E-state index in [4.69, 9.17) is 4.74 Å². The Balaban J connectivity index is 1.21. The van der Waals surface area contributed by atoms with E-state index in [1.807, 2.05) is 12.1 Å². The highest BCUT2D eigenvalue weighted by Gasteiger charge is 2.67. The lowest BCUT2D eigenvalue weighted by atomic mass is 9.94. The van der Waals surface area contributed by atoms with E-state index in [-0.39, 0.29) is 62.8 Å². The minimum Gasteiger partial charge on any atom is -0.377 e. The molecular formula is C35H34BrF2N7O5. The van der Waals surface area contributed by atoms with Crippen molar-refractivity contribution in [3.05, 3.63) is 70.1 Å². The van der Waals surface area contributed by atoms with Crippen LogP contribution in [-0.4, -0.2) is 84.2 Å². The number of Topliss-reactive ketones (excluding diaryl/α,β-unsaturated/α-hetero) is 2. The molecule has 5 heterocycles. The second-order valence-electron chi connectivity index (χ2n) is 13.3. The standard InChI is InChI=1S/C35H34BrF2N7O5/c1-19(46)32-24-10-21(23-14-39-20(2)40-15-23)4-6-26(24)44(43-32)16-31(48)45-27-12-34(13-29(34)45)18-41-33(49)35(37,38)8-3-9-50-17-22-5-7-30(36)42-25(22)11-28(27)47/h4-7,10,14-15,27,29H,3,8-9,11-13,16-18H2,1-2H3,(H,41,49)/t27-,29+,34-/m0/s1. The van der Waals surface area contributed by atoms with Crippen molar-refractivity contribution in [2.45, 2.75) is 77.1 Å². The number of pyridine rings is 1. The number of rotatable bonds is 4. The number of aromatic nitrogens is 5. The van der Waals surface area contributed by atoms with Crippen LogP contribution in [0.1, 0.15) is 60.2 Å². The molecule has 1 aliphatic carbocycles. The molecule has 1 saturated carbocycles. The average Bonchev–Trinajstić information content (AvgIpc) is 3.50. The predicted octanol–water partition coefficient (Wildman–Crippen LogP) is 4.40. The summed E-state index contributed by atoms with van der Waals surface area (Å²) in [6.07, 6.45) is 3.24. The Kier molecular flexibility index (Phi) is 8.83. The number of carbonyl (C=O) groups excluding carboxylic acids is 4. The summed E-state index contributed by atoms with van der Waals surface area (Å²) < 4.78 is 37.1. The van der Waals surface area contributed by atoms with Crippen LogP contribution in [0.25, 0.3) is 22.0 Å². The van der Waals surface area contributed by atoms with Crippen molar-refractivity contribution < 1.29 is 32.7 Å². The maximum atomic E-state index is 14.8. The first kappa shape index (κ1) is 34.0. The van der Waals surface area contributed by atoms with E-state index in [0.717, 1.165) is 11.1 Å². The van der Waals surface area contributed by atoms with Gasteiger partial charge in [0.15, 0.2) is 11.6 Å². The van der Waals surface area contributed by atoms with Crippen LogP contribution in [0.15, 0.2) is 47.3 Å². The van der Waals surface area contributed by atoms with Crippen molar-refractivity contribution in [2.24, 2.45) is 5.41 Å². The molecule has 7 rings (SSSR count). The molecule has 4 aromatic rings. The number of benzene rings is 1. The molecule has 2 fully saturated rings. The van der Waals surface area contributed by atoms with Gasteiger partial charge in [-0.25, -0.2) is 15.0 Å². The zero-order valence-corrected chi connectivity index (χ0v) is 29.0. The molecule has 260 valence electrons. The fourth-order valence-corrected chi connectivity index (χ4v) is 7.50. The van der Waals surface area contributed by atoms with Gasteiger partial charge in [-0.05, 0) is 71.4 Å². The predicted molar refractivity (Wildman–Crippen MR) is 179 cm³/mol. The number of fused-ring (bicyclic) bond motifs is 3. The zero-order chi connectivity index (χ0) is 35.4. The van der Waals surface area contributed by atoms with Crippen LogP contribution in [-0.2, 0) is 38.7 Å². The number of alkyl halides is 2. The van der Waals surface area contributed by atoms with Gasteiger partial charge in [0.1, 0.15) is 22.7 Å². The van der Waals surface area contributed by atoms with Crippen molar-refractivity contribution >= 4 is 50.2 Å². The van der Waals surface area contributed by atoms with Crippen molar-refractivity contribution in [3.8, 4) is 11.1 Å². The molecular weight excluding hydrogens is 716 g/mol. The molecule has 0 unspecified atom stereocenters. The van der Waals surface area contributed by atoms with Crippen LogP contribution in [0, 0.1) is 12.3 Å². The fourth-order valence-electron chi connectivity index (χ4n) is 7.16. The number of hydrogen-bond acceptors (Lipinski definition) is 9. The van der Waals surface area contributed by atoms with Gasteiger partial charge in [0, 0.05) is 61.3 Å². The van der Waals surface area contributed by atoms with E-state index in [9.17, 15) is 28.0 Å². The van der Waals surface area contributed by atoms with Crippen LogP contribution in [0.4, 0.5) is 8.78 Å². The van der Waals surface area contributed by atoms with Crippen LogP contribution in [0.5, 0.6) is 0 Å². The van der Waals surface area contributed by atoms with Crippen LogP contribution < -0.4 is 5.32 Å². The van der Waals surface area contributed by atoms with Crippen molar-refractivity contribution in [1.29, 1.82) is 0 Å². The number of nitrogens with one attached hydrogen (secondary N) is 1. The number of nitrogens with zero attached hydrogens (tertiary/aromatic N) is 6. The van der Waals surface area contributed by atoms with Crippen molar-refractivity contribution in [1.82, 2.24) is 34.9 Å². The van der Waals surface area contributed by atoms with Gasteiger partial charge in [-0.3, -0.25) is 23.9 Å². The Morgan fingerprint density at radius 1 is 1.10 bits per heavy atom. The largest absolute Gasteiger partial charge is 0.377 e. The number of ketones is 2. The summed E-state index contributed by atoms with van der Waals surface area (Å²) in [5.74, 6) is -5.32. The smallest absolute Gasteiger partial charge is 0.324 e. The summed E-state index contributed by atoms with van der Waals surface area (Å²) in [4.78, 5) is 68.1.